The van der Waals surface area contributed by atoms with Crippen LogP contribution in [0.4, 0.5) is 0 Å². The monoisotopic (exact) mass is 380 g/mol. The number of carbonyl (C=O) groups excluding carboxylic acids is 2. The number of allylic oxidation sites excluding steroid dienone is 2. The molecule has 6 nitrogen and oxygen atoms in total. The van der Waals surface area contributed by atoms with E-state index in [2.05, 4.69) is 5.32 Å². The Morgan fingerprint density at radius 2 is 2.04 bits per heavy atom. The molecule has 0 spiro atoms. The second-order valence-electron chi connectivity index (χ2n) is 6.63. The number of aliphatic hydroxyl groups excluding tert-OH is 2. The number of hydrogen-bond acceptors (Lipinski definition) is 4. The van der Waals surface area contributed by atoms with E-state index in [1.165, 1.54) is 4.90 Å². The molecule has 0 radical (unpaired) electrons. The minimum atomic E-state index is -0.729. The molecule has 1 fully saturated rings. The first kappa shape index (κ1) is 20.3. The number of amides is 2. The third-order valence-electron chi connectivity index (χ3n) is 4.51. The van der Waals surface area contributed by atoms with Crippen molar-refractivity contribution in [2.45, 2.75) is 45.4 Å². The summed E-state index contributed by atoms with van der Waals surface area (Å²) >= 11 is 5.84. The molecule has 1 unspecified atom stereocenters. The molecule has 142 valence electrons. The SMILES string of the molecule is C/C=C(/O)CC(C)C(=O)N1C[C@H](O)C[C@H]1C(=O)NCc1ccc(Cl)cc1. The number of halogens is 1. The fraction of sp³-hybridized carbons (Fsp3) is 0.474. The van der Waals surface area contributed by atoms with E-state index in [9.17, 15) is 19.8 Å². The predicted octanol–water partition coefficient (Wildman–Crippen LogP) is 2.41. The molecule has 1 heterocycles. The summed E-state index contributed by atoms with van der Waals surface area (Å²) in [5.74, 6) is -0.883. The highest BCUT2D eigenvalue weighted by Crippen LogP contribution is 2.23. The smallest absolute Gasteiger partial charge is 0.243 e. The lowest BCUT2D eigenvalue weighted by Crippen LogP contribution is -2.47. The standard InChI is InChI=1S/C19H25ClN2O4/c1-3-15(23)8-12(2)19(26)22-11-16(24)9-17(22)18(25)21-10-13-4-6-14(20)7-5-13/h3-7,12,16-17,23-24H,8-11H2,1-2H3,(H,21,25)/b15-3+/t12?,16-,17+/m1/s1. The van der Waals surface area contributed by atoms with Gasteiger partial charge in [-0.2, -0.15) is 0 Å². The molecule has 2 amide bonds. The minimum Gasteiger partial charge on any atom is -0.513 e. The Morgan fingerprint density at radius 1 is 1.38 bits per heavy atom. The van der Waals surface area contributed by atoms with Crippen molar-refractivity contribution in [1.29, 1.82) is 0 Å². The van der Waals surface area contributed by atoms with Gasteiger partial charge in [-0.05, 0) is 30.7 Å². The van der Waals surface area contributed by atoms with E-state index in [0.29, 0.717) is 11.6 Å². The molecule has 3 N–H and O–H groups in total. The van der Waals surface area contributed by atoms with Gasteiger partial charge in [0.15, 0.2) is 0 Å². The molecule has 1 saturated heterocycles. The second-order valence-corrected chi connectivity index (χ2v) is 7.06. The lowest BCUT2D eigenvalue weighted by atomic mass is 10.0. The molecule has 0 aromatic heterocycles. The Labute approximate surface area is 158 Å². The van der Waals surface area contributed by atoms with Crippen LogP contribution >= 0.6 is 11.6 Å². The lowest BCUT2D eigenvalue weighted by Gasteiger charge is -2.26. The quantitative estimate of drug-likeness (QED) is 0.661. The number of nitrogens with one attached hydrogen (secondary N) is 1. The number of aliphatic hydroxyl groups is 2. The fourth-order valence-electron chi connectivity index (χ4n) is 3.02. The van der Waals surface area contributed by atoms with E-state index in [-0.39, 0.29) is 37.0 Å². The molecule has 0 bridgehead atoms. The maximum Gasteiger partial charge on any atom is 0.243 e. The van der Waals surface area contributed by atoms with Gasteiger partial charge >= 0.3 is 0 Å². The van der Waals surface area contributed by atoms with Gasteiger partial charge in [-0.1, -0.05) is 30.7 Å². The second kappa shape index (κ2) is 9.05. The molecule has 1 aromatic rings. The Balaban J connectivity index is 1.99. The van der Waals surface area contributed by atoms with Gasteiger partial charge in [0.2, 0.25) is 11.8 Å². The fourth-order valence-corrected chi connectivity index (χ4v) is 3.14. The van der Waals surface area contributed by atoms with Crippen molar-refractivity contribution in [3.8, 4) is 0 Å². The molecule has 7 heteroatoms. The van der Waals surface area contributed by atoms with Crippen molar-refractivity contribution >= 4 is 23.4 Å². The van der Waals surface area contributed by atoms with Gasteiger partial charge in [0.25, 0.3) is 0 Å². The molecule has 1 aliphatic heterocycles. The number of rotatable bonds is 6. The number of likely N-dealkylation sites (tertiary alicyclic amines) is 1. The van der Waals surface area contributed by atoms with Crippen LogP contribution in [0.25, 0.3) is 0 Å². The van der Waals surface area contributed by atoms with Crippen molar-refractivity contribution in [3.05, 3.63) is 46.7 Å². The highest BCUT2D eigenvalue weighted by atomic mass is 35.5. The first-order valence-corrected chi connectivity index (χ1v) is 9.04. The predicted molar refractivity (Wildman–Crippen MR) is 99.6 cm³/mol. The number of hydrogen-bond donors (Lipinski definition) is 3. The first-order valence-electron chi connectivity index (χ1n) is 8.66. The van der Waals surface area contributed by atoms with Crippen molar-refractivity contribution in [1.82, 2.24) is 10.2 Å². The molecule has 0 aliphatic carbocycles. The summed E-state index contributed by atoms with van der Waals surface area (Å²) in [6.45, 7) is 3.84. The molecular formula is C19H25ClN2O4. The van der Waals surface area contributed by atoms with E-state index in [4.69, 9.17) is 11.6 Å². The Hall–Kier alpha value is -2.05. The van der Waals surface area contributed by atoms with Gasteiger partial charge in [0, 0.05) is 36.9 Å². The van der Waals surface area contributed by atoms with Crippen LogP contribution in [0.2, 0.25) is 5.02 Å². The summed E-state index contributed by atoms with van der Waals surface area (Å²) in [5, 5.41) is 23.0. The Kier molecular flexibility index (Phi) is 7.06. The van der Waals surface area contributed by atoms with Crippen LogP contribution in [0.5, 0.6) is 0 Å². The summed E-state index contributed by atoms with van der Waals surface area (Å²) in [7, 11) is 0. The van der Waals surface area contributed by atoms with Gasteiger partial charge in [0.05, 0.1) is 11.9 Å². The third kappa shape index (κ3) is 5.22. The molecule has 1 aliphatic rings. The summed E-state index contributed by atoms with van der Waals surface area (Å²) < 4.78 is 0. The molecule has 3 atom stereocenters. The number of benzene rings is 1. The Morgan fingerprint density at radius 3 is 2.65 bits per heavy atom. The summed E-state index contributed by atoms with van der Waals surface area (Å²) in [6, 6.07) is 6.41. The van der Waals surface area contributed by atoms with Crippen molar-refractivity contribution < 1.29 is 19.8 Å². The number of nitrogens with zero attached hydrogens (tertiary/aromatic N) is 1. The normalized spacial score (nSPS) is 21.5. The average Bonchev–Trinajstić information content (AvgIpc) is 3.01. The van der Waals surface area contributed by atoms with Gasteiger partial charge in [-0.15, -0.1) is 0 Å². The first-order chi connectivity index (χ1) is 12.3. The minimum absolute atomic E-state index is 0.124. The van der Waals surface area contributed by atoms with E-state index in [0.717, 1.165) is 5.56 Å². The van der Waals surface area contributed by atoms with E-state index in [1.54, 1.807) is 32.1 Å². The summed E-state index contributed by atoms with van der Waals surface area (Å²) in [5.41, 5.74) is 0.894. The van der Waals surface area contributed by atoms with Gasteiger partial charge in [-0.25, -0.2) is 0 Å². The molecular weight excluding hydrogens is 356 g/mol. The van der Waals surface area contributed by atoms with Crippen LogP contribution in [0.1, 0.15) is 32.3 Å². The average molecular weight is 381 g/mol. The molecule has 26 heavy (non-hydrogen) atoms. The highest BCUT2D eigenvalue weighted by Gasteiger charge is 2.40. The van der Waals surface area contributed by atoms with E-state index >= 15 is 0 Å². The number of carbonyl (C=O) groups is 2. The zero-order valence-corrected chi connectivity index (χ0v) is 15.7. The van der Waals surface area contributed by atoms with Crippen molar-refractivity contribution in [2.75, 3.05) is 6.54 Å². The van der Waals surface area contributed by atoms with Crippen LogP contribution in [0.3, 0.4) is 0 Å². The highest BCUT2D eigenvalue weighted by molar-refractivity contribution is 6.30. The maximum atomic E-state index is 12.7. The maximum absolute atomic E-state index is 12.7. The van der Waals surface area contributed by atoms with E-state index in [1.807, 2.05) is 12.1 Å². The van der Waals surface area contributed by atoms with Crippen LogP contribution in [-0.4, -0.2) is 45.6 Å². The number of β-amino-alcohol motifs (C(OH)–C–C–N with tert-alkyl or cyclic N) is 1. The topological polar surface area (TPSA) is 89.9 Å². The van der Waals surface area contributed by atoms with Crippen LogP contribution in [0.15, 0.2) is 36.1 Å². The van der Waals surface area contributed by atoms with Crippen LogP contribution < -0.4 is 5.32 Å². The lowest BCUT2D eigenvalue weighted by molar-refractivity contribution is -0.141. The largest absolute Gasteiger partial charge is 0.513 e. The third-order valence-corrected chi connectivity index (χ3v) is 4.77. The zero-order chi connectivity index (χ0) is 19.3. The summed E-state index contributed by atoms with van der Waals surface area (Å²) in [6.07, 6.45) is 1.23. The zero-order valence-electron chi connectivity index (χ0n) is 15.0. The van der Waals surface area contributed by atoms with Gasteiger partial charge in [0.1, 0.15) is 6.04 Å². The molecule has 0 saturated carbocycles. The molecule has 1 aromatic carbocycles. The Bertz CT molecular complexity index is 675. The molecule has 2 rings (SSSR count). The van der Waals surface area contributed by atoms with Crippen LogP contribution in [0, 0.1) is 5.92 Å². The van der Waals surface area contributed by atoms with Crippen molar-refractivity contribution in [2.24, 2.45) is 5.92 Å². The van der Waals surface area contributed by atoms with Crippen LogP contribution in [-0.2, 0) is 16.1 Å². The summed E-state index contributed by atoms with van der Waals surface area (Å²) in [4.78, 5) is 26.6. The van der Waals surface area contributed by atoms with Gasteiger partial charge < -0.3 is 20.4 Å². The van der Waals surface area contributed by atoms with E-state index < -0.39 is 18.1 Å². The van der Waals surface area contributed by atoms with Crippen molar-refractivity contribution in [3.63, 3.8) is 0 Å². The van der Waals surface area contributed by atoms with Gasteiger partial charge in [-0.3, -0.25) is 9.59 Å².